The summed E-state index contributed by atoms with van der Waals surface area (Å²) in [5.41, 5.74) is 0.933. The largest absolute Gasteiger partial charge is 0.367 e. The van der Waals surface area contributed by atoms with E-state index < -0.39 is 29.2 Å². The number of nitrogens with zero attached hydrogens (tertiary/aromatic N) is 3. The molecule has 0 spiro atoms. The number of carbonyl (C=O) groups excluding carboxylic acids is 1. The smallest absolute Gasteiger partial charge is 0.322 e. The highest BCUT2D eigenvalue weighted by Gasteiger charge is 2.24. The Morgan fingerprint density at radius 1 is 1.00 bits per heavy atom. The number of halogens is 3. The lowest BCUT2D eigenvalue weighted by atomic mass is 10.1. The van der Waals surface area contributed by atoms with Crippen molar-refractivity contribution < 1.29 is 18.0 Å². The third kappa shape index (κ3) is 3.42. The van der Waals surface area contributed by atoms with Gasteiger partial charge in [-0.05, 0) is 24.3 Å². The Bertz CT molecular complexity index is 873. The Kier molecular flexibility index (Phi) is 4.98. The van der Waals surface area contributed by atoms with Crippen molar-refractivity contribution in [3.63, 3.8) is 0 Å². The number of anilines is 2. The molecular weight excluding hydrogens is 345 g/mol. The number of nitriles is 1. The van der Waals surface area contributed by atoms with E-state index in [4.69, 9.17) is 0 Å². The molecule has 134 valence electrons. The molecule has 8 heteroatoms. The summed E-state index contributed by atoms with van der Waals surface area (Å²) in [6, 6.07) is 10.4. The average molecular weight is 360 g/mol. The maximum atomic E-state index is 13.7. The van der Waals surface area contributed by atoms with Crippen molar-refractivity contribution in [1.82, 2.24) is 4.90 Å². The summed E-state index contributed by atoms with van der Waals surface area (Å²) in [7, 11) is 0. The van der Waals surface area contributed by atoms with Crippen LogP contribution < -0.4 is 10.2 Å². The van der Waals surface area contributed by atoms with Gasteiger partial charge in [0, 0.05) is 26.2 Å². The molecule has 0 atom stereocenters. The SMILES string of the molecule is N#Cc1ccccc1N1CCN(C(=O)Nc2ccc(F)c(F)c2F)CC1. The summed E-state index contributed by atoms with van der Waals surface area (Å²) in [4.78, 5) is 15.7. The van der Waals surface area contributed by atoms with Crippen LogP contribution in [0.3, 0.4) is 0 Å². The van der Waals surface area contributed by atoms with E-state index in [1.54, 1.807) is 12.1 Å². The summed E-state index contributed by atoms with van der Waals surface area (Å²) in [5.74, 6) is -4.37. The van der Waals surface area contributed by atoms with Gasteiger partial charge in [-0.2, -0.15) is 5.26 Å². The quantitative estimate of drug-likeness (QED) is 0.836. The monoisotopic (exact) mass is 360 g/mol. The summed E-state index contributed by atoms with van der Waals surface area (Å²) in [6.07, 6.45) is 0. The number of carbonyl (C=O) groups is 1. The van der Waals surface area contributed by atoms with Gasteiger partial charge in [0.25, 0.3) is 0 Å². The van der Waals surface area contributed by atoms with Crippen LogP contribution in [-0.4, -0.2) is 37.1 Å². The highest BCUT2D eigenvalue weighted by atomic mass is 19.2. The number of para-hydroxylation sites is 1. The van der Waals surface area contributed by atoms with Crippen molar-refractivity contribution >= 4 is 17.4 Å². The van der Waals surface area contributed by atoms with Crippen molar-refractivity contribution in [2.24, 2.45) is 0 Å². The first kappa shape index (κ1) is 17.6. The van der Waals surface area contributed by atoms with Crippen LogP contribution in [0.4, 0.5) is 29.3 Å². The van der Waals surface area contributed by atoms with E-state index in [2.05, 4.69) is 11.4 Å². The molecule has 1 aliphatic rings. The van der Waals surface area contributed by atoms with Crippen molar-refractivity contribution in [1.29, 1.82) is 5.26 Å². The fourth-order valence-electron chi connectivity index (χ4n) is 2.81. The fraction of sp³-hybridized carbons (Fsp3) is 0.222. The van der Waals surface area contributed by atoms with Crippen LogP contribution in [0.1, 0.15) is 5.56 Å². The highest BCUT2D eigenvalue weighted by molar-refractivity contribution is 5.89. The summed E-state index contributed by atoms with van der Waals surface area (Å²) in [5, 5.41) is 11.4. The van der Waals surface area contributed by atoms with Crippen LogP contribution in [0, 0.1) is 28.8 Å². The number of piperazine rings is 1. The van der Waals surface area contributed by atoms with E-state index in [0.717, 1.165) is 17.8 Å². The van der Waals surface area contributed by atoms with E-state index in [1.165, 1.54) is 4.90 Å². The number of amides is 2. The summed E-state index contributed by atoms with van der Waals surface area (Å²) < 4.78 is 39.9. The third-order valence-electron chi connectivity index (χ3n) is 4.21. The van der Waals surface area contributed by atoms with Crippen molar-refractivity contribution in [3.8, 4) is 6.07 Å². The molecule has 1 aliphatic heterocycles. The van der Waals surface area contributed by atoms with Crippen LogP contribution in [0.25, 0.3) is 0 Å². The van der Waals surface area contributed by atoms with Crippen LogP contribution in [0.2, 0.25) is 0 Å². The van der Waals surface area contributed by atoms with Gasteiger partial charge in [0.1, 0.15) is 6.07 Å². The standard InChI is InChI=1S/C18H15F3N4O/c19-13-5-6-14(17(21)16(13)20)23-18(26)25-9-7-24(8-10-25)15-4-2-1-3-12(15)11-22/h1-6H,7-10H2,(H,23,26). The van der Waals surface area contributed by atoms with Gasteiger partial charge in [0.15, 0.2) is 17.5 Å². The Hall–Kier alpha value is -3.21. The van der Waals surface area contributed by atoms with E-state index in [1.807, 2.05) is 17.0 Å². The Morgan fingerprint density at radius 2 is 1.69 bits per heavy atom. The Balaban J connectivity index is 1.64. The first-order valence-electron chi connectivity index (χ1n) is 7.94. The fourth-order valence-corrected chi connectivity index (χ4v) is 2.81. The number of urea groups is 1. The van der Waals surface area contributed by atoms with Crippen LogP contribution in [0.15, 0.2) is 36.4 Å². The first-order chi connectivity index (χ1) is 12.5. The first-order valence-corrected chi connectivity index (χ1v) is 7.94. The van der Waals surface area contributed by atoms with Crippen LogP contribution in [0.5, 0.6) is 0 Å². The van der Waals surface area contributed by atoms with Gasteiger partial charge in [-0.15, -0.1) is 0 Å². The molecule has 0 aliphatic carbocycles. The molecule has 26 heavy (non-hydrogen) atoms. The zero-order valence-electron chi connectivity index (χ0n) is 13.7. The van der Waals surface area contributed by atoms with Gasteiger partial charge in [-0.25, -0.2) is 18.0 Å². The average Bonchev–Trinajstić information content (AvgIpc) is 2.68. The summed E-state index contributed by atoms with van der Waals surface area (Å²) >= 11 is 0. The molecule has 2 amide bonds. The molecule has 0 aromatic heterocycles. The minimum absolute atomic E-state index is 0.344. The molecule has 1 fully saturated rings. The second kappa shape index (κ2) is 7.35. The number of rotatable bonds is 2. The van der Waals surface area contributed by atoms with E-state index in [-0.39, 0.29) is 0 Å². The summed E-state index contributed by atoms with van der Waals surface area (Å²) in [6.45, 7) is 1.67. The molecule has 1 saturated heterocycles. The van der Waals surface area contributed by atoms with Gasteiger partial charge in [-0.3, -0.25) is 0 Å². The van der Waals surface area contributed by atoms with Crippen LogP contribution >= 0.6 is 0 Å². The number of hydrogen-bond acceptors (Lipinski definition) is 3. The van der Waals surface area contributed by atoms with Gasteiger partial charge < -0.3 is 15.1 Å². The van der Waals surface area contributed by atoms with Gasteiger partial charge in [-0.1, -0.05) is 12.1 Å². The lowest BCUT2D eigenvalue weighted by Crippen LogP contribution is -2.50. The molecule has 2 aromatic rings. The minimum atomic E-state index is -1.62. The van der Waals surface area contributed by atoms with E-state index in [9.17, 15) is 23.2 Å². The second-order valence-corrected chi connectivity index (χ2v) is 5.76. The normalized spacial score (nSPS) is 14.1. The molecule has 1 N–H and O–H groups in total. The molecule has 0 saturated carbocycles. The highest BCUT2D eigenvalue weighted by Crippen LogP contribution is 2.22. The lowest BCUT2D eigenvalue weighted by Gasteiger charge is -2.36. The van der Waals surface area contributed by atoms with E-state index in [0.29, 0.717) is 31.7 Å². The Morgan fingerprint density at radius 3 is 2.38 bits per heavy atom. The molecule has 0 bridgehead atoms. The van der Waals surface area contributed by atoms with Gasteiger partial charge in [0.2, 0.25) is 0 Å². The predicted molar refractivity (Wildman–Crippen MR) is 90.3 cm³/mol. The maximum Gasteiger partial charge on any atom is 0.322 e. The number of hydrogen-bond donors (Lipinski definition) is 1. The third-order valence-corrected chi connectivity index (χ3v) is 4.21. The predicted octanol–water partition coefficient (Wildman–Crippen LogP) is 3.33. The number of nitrogens with one attached hydrogen (secondary N) is 1. The van der Waals surface area contributed by atoms with Gasteiger partial charge >= 0.3 is 6.03 Å². The van der Waals surface area contributed by atoms with Crippen molar-refractivity contribution in [2.45, 2.75) is 0 Å². The molecule has 5 nitrogen and oxygen atoms in total. The zero-order valence-corrected chi connectivity index (χ0v) is 13.7. The van der Waals surface area contributed by atoms with E-state index >= 15 is 0 Å². The molecule has 3 rings (SSSR count). The van der Waals surface area contributed by atoms with Crippen LogP contribution in [-0.2, 0) is 0 Å². The molecule has 1 heterocycles. The maximum absolute atomic E-state index is 13.7. The molecule has 0 unspecified atom stereocenters. The molecular formula is C18H15F3N4O. The zero-order chi connectivity index (χ0) is 18.7. The topological polar surface area (TPSA) is 59.4 Å². The van der Waals surface area contributed by atoms with Crippen molar-refractivity contribution in [3.05, 3.63) is 59.4 Å². The number of benzene rings is 2. The molecule has 0 radical (unpaired) electrons. The lowest BCUT2D eigenvalue weighted by molar-refractivity contribution is 0.208. The Labute approximate surface area is 148 Å². The van der Waals surface area contributed by atoms with Gasteiger partial charge in [0.05, 0.1) is 16.9 Å². The molecule has 2 aromatic carbocycles. The van der Waals surface area contributed by atoms with Crippen molar-refractivity contribution in [2.75, 3.05) is 36.4 Å². The second-order valence-electron chi connectivity index (χ2n) is 5.76. The minimum Gasteiger partial charge on any atom is -0.367 e.